The van der Waals surface area contributed by atoms with Gasteiger partial charge in [-0.3, -0.25) is 4.79 Å². The Balaban J connectivity index is 1.81. The summed E-state index contributed by atoms with van der Waals surface area (Å²) < 4.78 is 13.0. The minimum atomic E-state index is -0.564. The maximum absolute atomic E-state index is 13.0. The molecule has 0 heterocycles. The number of rotatable bonds is 2. The highest BCUT2D eigenvalue weighted by Crippen LogP contribution is 2.32. The van der Waals surface area contributed by atoms with Crippen molar-refractivity contribution in [2.75, 3.05) is 0 Å². The van der Waals surface area contributed by atoms with Crippen LogP contribution >= 0.6 is 0 Å². The van der Waals surface area contributed by atoms with Crippen LogP contribution in [0.3, 0.4) is 0 Å². The Morgan fingerprint density at radius 1 is 1.29 bits per heavy atom. The van der Waals surface area contributed by atoms with Crippen LogP contribution in [0, 0.1) is 12.7 Å². The molecule has 4 heteroatoms. The van der Waals surface area contributed by atoms with E-state index in [0.717, 1.165) is 24.5 Å². The number of hydrogen-bond acceptors (Lipinski definition) is 2. The van der Waals surface area contributed by atoms with E-state index in [1.165, 1.54) is 23.3 Å². The molecule has 2 aromatic carbocycles. The summed E-state index contributed by atoms with van der Waals surface area (Å²) in [5, 5.41) is 12.6. The van der Waals surface area contributed by atoms with Crippen LogP contribution in [0.15, 0.2) is 36.4 Å². The summed E-state index contributed by atoms with van der Waals surface area (Å²) in [5.74, 6) is -1.29. The van der Waals surface area contributed by atoms with Crippen molar-refractivity contribution in [3.8, 4) is 5.75 Å². The van der Waals surface area contributed by atoms with E-state index in [4.69, 9.17) is 0 Å². The Labute approximate surface area is 122 Å². The summed E-state index contributed by atoms with van der Waals surface area (Å²) >= 11 is 0. The van der Waals surface area contributed by atoms with Crippen LogP contribution in [0.1, 0.15) is 39.5 Å². The Kier molecular flexibility index (Phi) is 3.37. The predicted octanol–water partition coefficient (Wildman–Crippen LogP) is 3.26. The molecule has 3 nitrogen and oxygen atoms in total. The molecule has 2 N–H and O–H groups in total. The first-order valence-corrected chi connectivity index (χ1v) is 6.93. The Bertz CT molecular complexity index is 712. The van der Waals surface area contributed by atoms with Crippen LogP contribution in [0.4, 0.5) is 4.39 Å². The van der Waals surface area contributed by atoms with Gasteiger partial charge in [0.1, 0.15) is 11.6 Å². The first kappa shape index (κ1) is 13.6. The number of phenolic OH excluding ortho intramolecular Hbond substituents is 1. The zero-order chi connectivity index (χ0) is 15.0. The molecular weight excluding hydrogens is 269 g/mol. The number of halogens is 1. The van der Waals surface area contributed by atoms with Crippen molar-refractivity contribution in [1.29, 1.82) is 0 Å². The highest BCUT2D eigenvalue weighted by atomic mass is 19.1. The van der Waals surface area contributed by atoms with Gasteiger partial charge in [0.05, 0.1) is 11.6 Å². The molecule has 0 aliphatic heterocycles. The van der Waals surface area contributed by atoms with Gasteiger partial charge in [0.25, 0.3) is 5.91 Å². The Hall–Kier alpha value is -2.36. The quantitative estimate of drug-likeness (QED) is 0.889. The fraction of sp³-hybridized carbons (Fsp3) is 0.235. The van der Waals surface area contributed by atoms with E-state index in [-0.39, 0.29) is 23.3 Å². The lowest BCUT2D eigenvalue weighted by molar-refractivity contribution is 0.0934. The molecular formula is C17H16FNO2. The van der Waals surface area contributed by atoms with Gasteiger partial charge < -0.3 is 10.4 Å². The number of amides is 1. The fourth-order valence-corrected chi connectivity index (χ4v) is 2.83. The normalized spacial score (nSPS) is 16.6. The van der Waals surface area contributed by atoms with Gasteiger partial charge >= 0.3 is 0 Å². The zero-order valence-corrected chi connectivity index (χ0v) is 11.7. The van der Waals surface area contributed by atoms with Gasteiger partial charge in [-0.2, -0.15) is 0 Å². The lowest BCUT2D eigenvalue weighted by Gasteiger charge is -2.15. The van der Waals surface area contributed by atoms with Crippen LogP contribution in [-0.2, 0) is 6.42 Å². The van der Waals surface area contributed by atoms with Gasteiger partial charge in [0.15, 0.2) is 0 Å². The number of phenols is 1. The maximum atomic E-state index is 13.0. The topological polar surface area (TPSA) is 49.3 Å². The van der Waals surface area contributed by atoms with Gasteiger partial charge in [-0.15, -0.1) is 0 Å². The summed E-state index contributed by atoms with van der Waals surface area (Å²) in [7, 11) is 0. The molecule has 0 spiro atoms. The van der Waals surface area contributed by atoms with Crippen molar-refractivity contribution < 1.29 is 14.3 Å². The molecule has 3 rings (SSSR count). The fourth-order valence-electron chi connectivity index (χ4n) is 2.83. The number of aromatic hydroxyl groups is 1. The third kappa shape index (κ3) is 2.61. The lowest BCUT2D eigenvalue weighted by Crippen LogP contribution is -2.27. The van der Waals surface area contributed by atoms with Crippen molar-refractivity contribution in [1.82, 2.24) is 5.32 Å². The summed E-state index contributed by atoms with van der Waals surface area (Å²) in [5.41, 5.74) is 3.67. The molecule has 108 valence electrons. The van der Waals surface area contributed by atoms with Gasteiger partial charge in [-0.1, -0.05) is 23.8 Å². The number of carbonyl (C=O) groups is 1. The van der Waals surface area contributed by atoms with Crippen molar-refractivity contribution in [3.05, 3.63) is 64.5 Å². The van der Waals surface area contributed by atoms with Crippen LogP contribution < -0.4 is 5.32 Å². The SMILES string of the molecule is Cc1ccc2c(c1)CC[C@H]2NC(=O)c1ccc(F)cc1O. The molecule has 1 atom stereocenters. The molecule has 21 heavy (non-hydrogen) atoms. The minimum absolute atomic E-state index is 0.0578. The van der Waals surface area contributed by atoms with Crippen molar-refractivity contribution in [2.45, 2.75) is 25.8 Å². The molecule has 0 saturated carbocycles. The molecule has 0 aromatic heterocycles. The standard InChI is InChI=1S/C17H16FNO2/c1-10-2-5-13-11(8-10)3-7-15(13)19-17(21)14-6-4-12(18)9-16(14)20/h2,4-6,8-9,15,20H,3,7H2,1H3,(H,19,21)/t15-/m1/s1. The molecule has 0 fully saturated rings. The van der Waals surface area contributed by atoms with E-state index >= 15 is 0 Å². The van der Waals surface area contributed by atoms with E-state index in [1.807, 2.05) is 19.1 Å². The smallest absolute Gasteiger partial charge is 0.255 e. The summed E-state index contributed by atoms with van der Waals surface area (Å²) in [6, 6.07) is 9.55. The van der Waals surface area contributed by atoms with Crippen molar-refractivity contribution in [2.24, 2.45) is 0 Å². The predicted molar refractivity (Wildman–Crippen MR) is 77.8 cm³/mol. The van der Waals surface area contributed by atoms with Crippen LogP contribution in [-0.4, -0.2) is 11.0 Å². The van der Waals surface area contributed by atoms with E-state index in [0.29, 0.717) is 0 Å². The number of fused-ring (bicyclic) bond motifs is 1. The second kappa shape index (κ2) is 5.20. The zero-order valence-electron chi connectivity index (χ0n) is 11.7. The summed E-state index contributed by atoms with van der Waals surface area (Å²) in [6.07, 6.45) is 1.77. The van der Waals surface area contributed by atoms with Crippen molar-refractivity contribution in [3.63, 3.8) is 0 Å². The highest BCUT2D eigenvalue weighted by molar-refractivity contribution is 5.97. The average Bonchev–Trinajstić information content (AvgIpc) is 2.80. The maximum Gasteiger partial charge on any atom is 0.255 e. The highest BCUT2D eigenvalue weighted by Gasteiger charge is 2.25. The second-order valence-electron chi connectivity index (χ2n) is 5.43. The molecule has 1 amide bonds. The molecule has 0 radical (unpaired) electrons. The molecule has 1 aliphatic rings. The minimum Gasteiger partial charge on any atom is -0.507 e. The summed E-state index contributed by atoms with van der Waals surface area (Å²) in [4.78, 5) is 12.2. The van der Waals surface area contributed by atoms with E-state index < -0.39 is 5.82 Å². The van der Waals surface area contributed by atoms with Gasteiger partial charge in [-0.05, 0) is 43.0 Å². The first-order valence-electron chi connectivity index (χ1n) is 6.93. The summed E-state index contributed by atoms with van der Waals surface area (Å²) in [6.45, 7) is 2.04. The van der Waals surface area contributed by atoms with Gasteiger partial charge in [0.2, 0.25) is 0 Å². The monoisotopic (exact) mass is 285 g/mol. The van der Waals surface area contributed by atoms with E-state index in [2.05, 4.69) is 11.4 Å². The first-order chi connectivity index (χ1) is 10.0. The van der Waals surface area contributed by atoms with Crippen molar-refractivity contribution >= 4 is 5.91 Å². The molecule has 0 unspecified atom stereocenters. The molecule has 0 saturated heterocycles. The largest absolute Gasteiger partial charge is 0.507 e. The lowest BCUT2D eigenvalue weighted by atomic mass is 10.0. The number of nitrogens with one attached hydrogen (secondary N) is 1. The van der Waals surface area contributed by atoms with Gasteiger partial charge in [0, 0.05) is 6.07 Å². The number of benzene rings is 2. The average molecular weight is 285 g/mol. The van der Waals surface area contributed by atoms with Crippen LogP contribution in [0.25, 0.3) is 0 Å². The van der Waals surface area contributed by atoms with Crippen LogP contribution in [0.2, 0.25) is 0 Å². The van der Waals surface area contributed by atoms with Crippen LogP contribution in [0.5, 0.6) is 5.75 Å². The molecule has 0 bridgehead atoms. The number of aryl methyl sites for hydroxylation is 2. The third-order valence-electron chi connectivity index (χ3n) is 3.89. The Morgan fingerprint density at radius 3 is 2.86 bits per heavy atom. The Morgan fingerprint density at radius 2 is 2.10 bits per heavy atom. The number of carbonyl (C=O) groups excluding carboxylic acids is 1. The molecule has 1 aliphatic carbocycles. The van der Waals surface area contributed by atoms with E-state index in [1.54, 1.807) is 0 Å². The third-order valence-corrected chi connectivity index (χ3v) is 3.89. The second-order valence-corrected chi connectivity index (χ2v) is 5.43. The van der Waals surface area contributed by atoms with Gasteiger partial charge in [-0.25, -0.2) is 4.39 Å². The van der Waals surface area contributed by atoms with E-state index in [9.17, 15) is 14.3 Å². The molecule has 2 aromatic rings. The number of hydrogen-bond donors (Lipinski definition) is 2.